The Morgan fingerprint density at radius 1 is 1.28 bits per heavy atom. The van der Waals surface area contributed by atoms with Gasteiger partial charge in [-0.2, -0.15) is 5.10 Å². The van der Waals surface area contributed by atoms with Crippen LogP contribution in [-0.2, 0) is 11.8 Å². The van der Waals surface area contributed by atoms with Crippen molar-refractivity contribution in [2.75, 3.05) is 23.9 Å². The molecular formula is C17H18N6O2. The fraction of sp³-hybridized carbons (Fsp3) is 0.294. The third kappa shape index (κ3) is 2.65. The Labute approximate surface area is 144 Å². The van der Waals surface area contributed by atoms with Crippen LogP contribution < -0.4 is 15.0 Å². The topological polar surface area (TPSA) is 85.2 Å². The first-order valence-corrected chi connectivity index (χ1v) is 8.05. The molecule has 1 saturated heterocycles. The summed E-state index contributed by atoms with van der Waals surface area (Å²) in [7, 11) is 3.44. The van der Waals surface area contributed by atoms with E-state index in [9.17, 15) is 4.79 Å². The number of aromatic nitrogens is 4. The van der Waals surface area contributed by atoms with Gasteiger partial charge < -0.3 is 15.0 Å². The maximum atomic E-state index is 12.0. The fourth-order valence-corrected chi connectivity index (χ4v) is 3.08. The van der Waals surface area contributed by atoms with Crippen LogP contribution in [0.5, 0.6) is 5.75 Å². The molecule has 0 bridgehead atoms. The largest absolute Gasteiger partial charge is 0.494 e. The molecule has 3 heterocycles. The van der Waals surface area contributed by atoms with Gasteiger partial charge in [-0.1, -0.05) is 0 Å². The quantitative estimate of drug-likeness (QED) is 0.785. The number of anilines is 3. The van der Waals surface area contributed by atoms with E-state index < -0.39 is 0 Å². The predicted octanol–water partition coefficient (Wildman–Crippen LogP) is 2.24. The second-order valence-electron chi connectivity index (χ2n) is 5.89. The molecule has 8 heteroatoms. The monoisotopic (exact) mass is 338 g/mol. The normalized spacial score (nSPS) is 14.3. The number of aryl methyl sites for hydroxylation is 1. The second kappa shape index (κ2) is 6.04. The third-order valence-corrected chi connectivity index (χ3v) is 4.34. The minimum absolute atomic E-state index is 0.131. The highest BCUT2D eigenvalue weighted by Crippen LogP contribution is 2.35. The lowest BCUT2D eigenvalue weighted by molar-refractivity contribution is -0.117. The molecule has 0 radical (unpaired) electrons. The molecule has 1 aliphatic rings. The van der Waals surface area contributed by atoms with Crippen molar-refractivity contribution in [2.24, 2.45) is 7.05 Å². The van der Waals surface area contributed by atoms with Crippen molar-refractivity contribution in [1.82, 2.24) is 19.7 Å². The number of nitrogens with zero attached hydrogens (tertiary/aromatic N) is 5. The Balaban J connectivity index is 1.68. The van der Waals surface area contributed by atoms with Gasteiger partial charge in [0.15, 0.2) is 5.65 Å². The summed E-state index contributed by atoms with van der Waals surface area (Å²) in [4.78, 5) is 22.3. The predicted molar refractivity (Wildman–Crippen MR) is 94.2 cm³/mol. The van der Waals surface area contributed by atoms with Gasteiger partial charge in [-0.05, 0) is 18.6 Å². The van der Waals surface area contributed by atoms with Crippen LogP contribution in [0.2, 0.25) is 0 Å². The van der Waals surface area contributed by atoms with E-state index in [1.165, 1.54) is 6.33 Å². The van der Waals surface area contributed by atoms with Gasteiger partial charge in [0.25, 0.3) is 0 Å². The number of benzene rings is 1. The number of nitrogens with one attached hydrogen (secondary N) is 1. The van der Waals surface area contributed by atoms with Gasteiger partial charge in [0, 0.05) is 31.8 Å². The minimum atomic E-state index is 0.131. The zero-order chi connectivity index (χ0) is 17.4. The number of methoxy groups -OCH3 is 1. The molecule has 1 amide bonds. The van der Waals surface area contributed by atoms with E-state index in [1.807, 2.05) is 25.2 Å². The molecule has 1 aliphatic heterocycles. The molecule has 4 rings (SSSR count). The summed E-state index contributed by atoms with van der Waals surface area (Å²) >= 11 is 0. The van der Waals surface area contributed by atoms with Crippen molar-refractivity contribution in [3.8, 4) is 5.75 Å². The average molecular weight is 338 g/mol. The number of hydrogen-bond donors (Lipinski definition) is 1. The van der Waals surface area contributed by atoms with Crippen LogP contribution in [0.3, 0.4) is 0 Å². The molecule has 2 aromatic heterocycles. The summed E-state index contributed by atoms with van der Waals surface area (Å²) in [6.45, 7) is 0.726. The summed E-state index contributed by atoms with van der Waals surface area (Å²) in [5.41, 5.74) is 2.37. The lowest BCUT2D eigenvalue weighted by Crippen LogP contribution is -2.24. The SMILES string of the molecule is COc1cc(Nc2ncnc3c2cnn3C)ccc1N1CCCC1=O. The number of ether oxygens (including phenoxy) is 1. The van der Waals surface area contributed by atoms with Crippen LogP contribution in [0.1, 0.15) is 12.8 Å². The average Bonchev–Trinajstić information content (AvgIpc) is 3.22. The van der Waals surface area contributed by atoms with Gasteiger partial charge in [0.05, 0.1) is 24.4 Å². The molecule has 0 saturated carbocycles. The van der Waals surface area contributed by atoms with Gasteiger partial charge in [0.1, 0.15) is 17.9 Å². The van der Waals surface area contributed by atoms with Gasteiger partial charge >= 0.3 is 0 Å². The molecule has 1 fully saturated rings. The van der Waals surface area contributed by atoms with Crippen LogP contribution in [0.15, 0.2) is 30.7 Å². The lowest BCUT2D eigenvalue weighted by atomic mass is 10.2. The summed E-state index contributed by atoms with van der Waals surface area (Å²) in [5, 5.41) is 8.32. The van der Waals surface area contributed by atoms with Gasteiger partial charge in [0.2, 0.25) is 5.91 Å². The molecular weight excluding hydrogens is 320 g/mol. The van der Waals surface area contributed by atoms with Crippen molar-refractivity contribution >= 4 is 34.1 Å². The molecule has 3 aromatic rings. The van der Waals surface area contributed by atoms with E-state index in [2.05, 4.69) is 20.4 Å². The number of amides is 1. The summed E-state index contributed by atoms with van der Waals surface area (Å²) in [5.74, 6) is 1.45. The highest BCUT2D eigenvalue weighted by Gasteiger charge is 2.24. The van der Waals surface area contributed by atoms with E-state index in [-0.39, 0.29) is 5.91 Å². The maximum Gasteiger partial charge on any atom is 0.227 e. The Bertz CT molecular complexity index is 951. The molecule has 128 valence electrons. The van der Waals surface area contributed by atoms with Crippen molar-refractivity contribution in [3.63, 3.8) is 0 Å². The van der Waals surface area contributed by atoms with Crippen molar-refractivity contribution in [2.45, 2.75) is 12.8 Å². The Morgan fingerprint density at radius 2 is 2.16 bits per heavy atom. The van der Waals surface area contributed by atoms with E-state index in [0.29, 0.717) is 18.0 Å². The molecule has 1 N–H and O–H groups in total. The Morgan fingerprint density at radius 3 is 2.92 bits per heavy atom. The van der Waals surface area contributed by atoms with Crippen LogP contribution in [-0.4, -0.2) is 39.3 Å². The van der Waals surface area contributed by atoms with E-state index in [0.717, 1.165) is 35.4 Å². The van der Waals surface area contributed by atoms with Crippen LogP contribution in [0, 0.1) is 0 Å². The number of rotatable bonds is 4. The molecule has 25 heavy (non-hydrogen) atoms. The van der Waals surface area contributed by atoms with Crippen LogP contribution in [0.25, 0.3) is 11.0 Å². The smallest absolute Gasteiger partial charge is 0.227 e. The maximum absolute atomic E-state index is 12.0. The summed E-state index contributed by atoms with van der Waals surface area (Å²) in [6, 6.07) is 5.67. The molecule has 0 aliphatic carbocycles. The summed E-state index contributed by atoms with van der Waals surface area (Å²) < 4.78 is 7.19. The van der Waals surface area contributed by atoms with Crippen molar-refractivity contribution in [3.05, 3.63) is 30.7 Å². The van der Waals surface area contributed by atoms with E-state index >= 15 is 0 Å². The number of hydrogen-bond acceptors (Lipinski definition) is 6. The van der Waals surface area contributed by atoms with E-state index in [4.69, 9.17) is 4.74 Å². The fourth-order valence-electron chi connectivity index (χ4n) is 3.08. The van der Waals surface area contributed by atoms with Gasteiger partial charge in [-0.25, -0.2) is 9.97 Å². The summed E-state index contributed by atoms with van der Waals surface area (Å²) in [6.07, 6.45) is 4.69. The number of fused-ring (bicyclic) bond motifs is 1. The number of carbonyl (C=O) groups is 1. The molecule has 8 nitrogen and oxygen atoms in total. The minimum Gasteiger partial charge on any atom is -0.494 e. The highest BCUT2D eigenvalue weighted by molar-refractivity contribution is 5.97. The van der Waals surface area contributed by atoms with Gasteiger partial charge in [-0.3, -0.25) is 9.48 Å². The molecule has 0 atom stereocenters. The van der Waals surface area contributed by atoms with Crippen LogP contribution >= 0.6 is 0 Å². The lowest BCUT2D eigenvalue weighted by Gasteiger charge is -2.19. The first kappa shape index (κ1) is 15.4. The van der Waals surface area contributed by atoms with Gasteiger partial charge in [-0.15, -0.1) is 0 Å². The molecule has 0 unspecified atom stereocenters. The zero-order valence-corrected chi connectivity index (χ0v) is 14.1. The Kier molecular flexibility index (Phi) is 3.72. The molecule has 0 spiro atoms. The highest BCUT2D eigenvalue weighted by atomic mass is 16.5. The third-order valence-electron chi connectivity index (χ3n) is 4.34. The Hall–Kier alpha value is -3.16. The van der Waals surface area contributed by atoms with Crippen molar-refractivity contribution in [1.29, 1.82) is 0 Å². The van der Waals surface area contributed by atoms with E-state index in [1.54, 1.807) is 22.9 Å². The number of carbonyl (C=O) groups excluding carboxylic acids is 1. The second-order valence-corrected chi connectivity index (χ2v) is 5.89. The zero-order valence-electron chi connectivity index (χ0n) is 14.1. The standard InChI is InChI=1S/C17H18N6O2/c1-22-17-12(9-20-22)16(18-10-19-17)21-11-5-6-13(14(8-11)25-2)23-7-3-4-15(23)24/h5-6,8-10H,3-4,7H2,1-2H3,(H,18,19,21). The van der Waals surface area contributed by atoms with Crippen molar-refractivity contribution < 1.29 is 9.53 Å². The van der Waals surface area contributed by atoms with Crippen LogP contribution in [0.4, 0.5) is 17.2 Å². The first-order chi connectivity index (χ1) is 12.2. The first-order valence-electron chi connectivity index (χ1n) is 8.05. The molecule has 1 aromatic carbocycles.